The van der Waals surface area contributed by atoms with Crippen LogP contribution in [0.3, 0.4) is 0 Å². The summed E-state index contributed by atoms with van der Waals surface area (Å²) in [5.41, 5.74) is 5.79. The van der Waals surface area contributed by atoms with Crippen molar-refractivity contribution in [3.63, 3.8) is 0 Å². The summed E-state index contributed by atoms with van der Waals surface area (Å²) in [6, 6.07) is 8.79. The Balaban J connectivity index is -0.00000101. The van der Waals surface area contributed by atoms with Crippen molar-refractivity contribution in [3.05, 3.63) is 79.6 Å². The zero-order chi connectivity index (χ0) is 17.6. The number of benzene rings is 1. The number of rotatable bonds is 6. The van der Waals surface area contributed by atoms with E-state index in [9.17, 15) is 0 Å². The quantitative estimate of drug-likeness (QED) is 0.222. The molecular formula is C22H33Cl2OSi2Zr-3. The van der Waals surface area contributed by atoms with E-state index in [1.165, 1.54) is 45.6 Å². The average molecular weight is 532 g/mol. The minimum atomic E-state index is -1.39. The molecule has 6 heteroatoms. The molecule has 2 aliphatic rings. The van der Waals surface area contributed by atoms with Crippen molar-refractivity contribution >= 4 is 46.1 Å². The van der Waals surface area contributed by atoms with Gasteiger partial charge in [0.15, 0.2) is 8.32 Å². The van der Waals surface area contributed by atoms with Crippen molar-refractivity contribution < 1.29 is 27.8 Å². The van der Waals surface area contributed by atoms with Gasteiger partial charge in [0.25, 0.3) is 0 Å². The molecule has 0 saturated carbocycles. The molecule has 0 saturated heterocycles. The molecule has 2 radical (unpaired) electrons. The van der Waals surface area contributed by atoms with E-state index in [-0.39, 0.29) is 39.7 Å². The van der Waals surface area contributed by atoms with Gasteiger partial charge in [-0.2, -0.15) is 5.57 Å². The Morgan fingerprint density at radius 1 is 1.14 bits per heavy atom. The minimum absolute atomic E-state index is 0. The number of fused-ring (bicyclic) bond motifs is 1. The Labute approximate surface area is 203 Å². The summed E-state index contributed by atoms with van der Waals surface area (Å²) in [4.78, 5) is 0. The molecule has 0 fully saturated rings. The fraction of sp³-hybridized carbons (Fsp3) is 0.364. The molecule has 1 nitrogen and oxygen atoms in total. The SMILES string of the molecule is C[Si](C)(C)OCCCC1=Cc2ccccc2C1C1=[C-]C=CC1.Cl.Cl.[CH3-].[CH3-].[Si]=[Zr]. The van der Waals surface area contributed by atoms with E-state index < -0.39 is 8.32 Å². The maximum atomic E-state index is 6.00. The van der Waals surface area contributed by atoms with Crippen LogP contribution in [0.5, 0.6) is 0 Å². The number of hydrogen-bond acceptors (Lipinski definition) is 1. The van der Waals surface area contributed by atoms with Crippen LogP contribution in [0, 0.1) is 20.9 Å². The topological polar surface area (TPSA) is 9.23 Å². The summed E-state index contributed by atoms with van der Waals surface area (Å²) in [5.74, 6) is 0.443. The molecule has 1 unspecified atom stereocenters. The predicted octanol–water partition coefficient (Wildman–Crippen LogP) is 6.85. The zero-order valence-corrected chi connectivity index (χ0v) is 23.8. The molecule has 156 valence electrons. The first kappa shape index (κ1) is 32.9. The van der Waals surface area contributed by atoms with E-state index in [0.29, 0.717) is 5.92 Å². The van der Waals surface area contributed by atoms with Crippen LogP contribution in [0.25, 0.3) is 6.08 Å². The van der Waals surface area contributed by atoms with Crippen LogP contribution in [-0.4, -0.2) is 21.8 Å². The van der Waals surface area contributed by atoms with Crippen LogP contribution >= 0.6 is 24.8 Å². The first-order valence-corrected chi connectivity index (χ1v) is 16.1. The second kappa shape index (κ2) is 16.0. The molecule has 28 heavy (non-hydrogen) atoms. The number of halogens is 2. The molecule has 0 bridgehead atoms. The molecule has 2 aliphatic carbocycles. The molecule has 0 amide bonds. The van der Waals surface area contributed by atoms with Gasteiger partial charge in [-0.05, 0) is 43.6 Å². The van der Waals surface area contributed by atoms with Gasteiger partial charge in [0.2, 0.25) is 0 Å². The predicted molar refractivity (Wildman–Crippen MR) is 129 cm³/mol. The molecule has 1 aromatic carbocycles. The number of allylic oxidation sites excluding steroid dienone is 5. The summed E-state index contributed by atoms with van der Waals surface area (Å²) < 4.78 is 6.00. The molecular weight excluding hydrogens is 499 g/mol. The average Bonchev–Trinajstić information content (AvgIpc) is 3.19. The van der Waals surface area contributed by atoms with Gasteiger partial charge >= 0.3 is 30.2 Å². The Bertz CT molecular complexity index is 667. The third kappa shape index (κ3) is 9.41. The molecule has 0 heterocycles. The van der Waals surface area contributed by atoms with Gasteiger partial charge in [-0.25, -0.2) is 12.2 Å². The van der Waals surface area contributed by atoms with E-state index in [4.69, 9.17) is 4.43 Å². The first-order valence-electron chi connectivity index (χ1n) is 8.50. The van der Waals surface area contributed by atoms with E-state index in [2.05, 4.69) is 75.1 Å². The van der Waals surface area contributed by atoms with E-state index >= 15 is 0 Å². The third-order valence-corrected chi connectivity index (χ3v) is 5.31. The maximum absolute atomic E-state index is 6.00. The van der Waals surface area contributed by atoms with Crippen LogP contribution < -0.4 is 0 Å². The van der Waals surface area contributed by atoms with Gasteiger partial charge in [0.1, 0.15) is 0 Å². The summed E-state index contributed by atoms with van der Waals surface area (Å²) in [5, 5.41) is 0. The second-order valence-corrected chi connectivity index (χ2v) is 11.6. The Morgan fingerprint density at radius 2 is 1.79 bits per heavy atom. The van der Waals surface area contributed by atoms with Crippen molar-refractivity contribution in [2.24, 2.45) is 0 Å². The Morgan fingerprint density at radius 3 is 2.36 bits per heavy atom. The summed E-state index contributed by atoms with van der Waals surface area (Å²) in [6.45, 7) is 10.7. The fourth-order valence-electron chi connectivity index (χ4n) is 3.28. The monoisotopic (exact) mass is 529 g/mol. The second-order valence-electron chi connectivity index (χ2n) is 7.12. The summed E-state index contributed by atoms with van der Waals surface area (Å²) in [7, 11) is -1.39. The van der Waals surface area contributed by atoms with Crippen molar-refractivity contribution in [1.29, 1.82) is 0 Å². The van der Waals surface area contributed by atoms with Crippen LogP contribution in [0.2, 0.25) is 19.6 Å². The fourth-order valence-corrected chi connectivity index (χ4v) is 4.04. The van der Waals surface area contributed by atoms with Gasteiger partial charge in [-0.15, -0.1) is 24.8 Å². The van der Waals surface area contributed by atoms with Crippen molar-refractivity contribution in [1.82, 2.24) is 0 Å². The van der Waals surface area contributed by atoms with E-state index in [1.54, 1.807) is 0 Å². The molecule has 3 rings (SSSR count). The van der Waals surface area contributed by atoms with Gasteiger partial charge in [-0.1, -0.05) is 42.3 Å². The molecule has 1 atom stereocenters. The van der Waals surface area contributed by atoms with E-state index in [1.807, 2.05) is 0 Å². The van der Waals surface area contributed by atoms with Crippen LogP contribution in [-0.2, 0) is 27.8 Å². The third-order valence-electron chi connectivity index (χ3n) is 4.24. The summed E-state index contributed by atoms with van der Waals surface area (Å²) >= 11 is 1.36. The van der Waals surface area contributed by atoms with Crippen molar-refractivity contribution in [3.8, 4) is 0 Å². The van der Waals surface area contributed by atoms with Gasteiger partial charge in [-0.3, -0.25) is 6.08 Å². The Kier molecular flexibility index (Phi) is 18.9. The number of hydrogen-bond donors (Lipinski definition) is 0. The first-order chi connectivity index (χ1) is 11.5. The zero-order valence-electron chi connectivity index (χ0n) is 17.7. The van der Waals surface area contributed by atoms with Gasteiger partial charge < -0.3 is 19.3 Å². The molecule has 0 spiro atoms. The standard InChI is InChI=1S/C20H25OSi.2CH3.2ClH.Si.Zr/c1-22(2,3)21-14-8-12-18-15-17-11-6-7-13-19(17)20(18)16-9-4-5-10-16;;;;;;/h4-7,11,13,15,20H,8-9,12,14H2,1-3H3;2*1H3;2*1H;;/q3*-1;;;;. The van der Waals surface area contributed by atoms with Crippen LogP contribution in [0.15, 0.2) is 47.6 Å². The van der Waals surface area contributed by atoms with Crippen molar-refractivity contribution in [2.75, 3.05) is 6.61 Å². The molecule has 0 N–H and O–H groups in total. The van der Waals surface area contributed by atoms with Gasteiger partial charge in [0.05, 0.1) is 0 Å². The van der Waals surface area contributed by atoms with Gasteiger partial charge in [0, 0.05) is 12.5 Å². The Hall–Kier alpha value is 0.297. The van der Waals surface area contributed by atoms with Crippen LogP contribution in [0.4, 0.5) is 0 Å². The van der Waals surface area contributed by atoms with Crippen molar-refractivity contribution in [2.45, 2.75) is 44.8 Å². The molecule has 0 aromatic heterocycles. The molecule has 1 aromatic rings. The summed E-state index contributed by atoms with van der Waals surface area (Å²) in [6.07, 6.45) is 13.4. The van der Waals surface area contributed by atoms with E-state index in [0.717, 1.165) is 25.9 Å². The van der Waals surface area contributed by atoms with Crippen LogP contribution in [0.1, 0.15) is 36.3 Å². The molecule has 0 aliphatic heterocycles. The normalized spacial score (nSPS) is 15.9.